The monoisotopic (exact) mass is 141 g/mol. The maximum absolute atomic E-state index is 9.61. The molecule has 0 aromatic carbocycles. The summed E-state index contributed by atoms with van der Waals surface area (Å²) in [4.78, 5) is 1.94. The summed E-state index contributed by atoms with van der Waals surface area (Å²) in [7, 11) is 1.93. The number of hydrogen-bond donors (Lipinski definition) is 1. The van der Waals surface area contributed by atoms with Crippen molar-refractivity contribution in [1.82, 2.24) is 4.90 Å². The molecule has 1 N–H and O–H groups in total. The lowest BCUT2D eigenvalue weighted by Gasteiger charge is -2.17. The fourth-order valence-electron chi connectivity index (χ4n) is 1.23. The van der Waals surface area contributed by atoms with Crippen LogP contribution in [0.25, 0.3) is 0 Å². The summed E-state index contributed by atoms with van der Waals surface area (Å²) in [6, 6.07) is 0. The van der Waals surface area contributed by atoms with Gasteiger partial charge in [0, 0.05) is 7.05 Å². The highest BCUT2D eigenvalue weighted by Gasteiger charge is 2.47. The standard InChI is InChI=1S/C7H11NO2/c1-8-5-10-4-6(8)7(9)2-3-7/h4,9H,2-3,5H2,1H3. The van der Waals surface area contributed by atoms with Gasteiger partial charge in [-0.05, 0) is 12.8 Å². The highest BCUT2D eigenvalue weighted by Crippen LogP contribution is 2.44. The van der Waals surface area contributed by atoms with E-state index in [1.165, 1.54) is 0 Å². The smallest absolute Gasteiger partial charge is 0.160 e. The van der Waals surface area contributed by atoms with Gasteiger partial charge in [0.25, 0.3) is 0 Å². The van der Waals surface area contributed by atoms with Crippen molar-refractivity contribution >= 4 is 0 Å². The van der Waals surface area contributed by atoms with Gasteiger partial charge in [0.1, 0.15) is 11.9 Å². The van der Waals surface area contributed by atoms with E-state index in [2.05, 4.69) is 0 Å². The molecule has 0 aromatic heterocycles. The predicted molar refractivity (Wildman–Crippen MR) is 36.0 cm³/mol. The van der Waals surface area contributed by atoms with E-state index < -0.39 is 5.60 Å². The van der Waals surface area contributed by atoms with E-state index in [4.69, 9.17) is 4.74 Å². The number of hydrogen-bond acceptors (Lipinski definition) is 3. The van der Waals surface area contributed by atoms with E-state index >= 15 is 0 Å². The zero-order chi connectivity index (χ0) is 7.19. The fraction of sp³-hybridized carbons (Fsp3) is 0.714. The van der Waals surface area contributed by atoms with Gasteiger partial charge < -0.3 is 14.7 Å². The molecule has 1 heterocycles. The van der Waals surface area contributed by atoms with Crippen LogP contribution in [0, 0.1) is 0 Å². The fourth-order valence-corrected chi connectivity index (χ4v) is 1.23. The summed E-state index contributed by atoms with van der Waals surface area (Å²) in [6.07, 6.45) is 3.42. The van der Waals surface area contributed by atoms with Gasteiger partial charge in [-0.2, -0.15) is 0 Å². The highest BCUT2D eigenvalue weighted by atomic mass is 16.5. The van der Waals surface area contributed by atoms with Gasteiger partial charge in [0.05, 0.1) is 5.70 Å². The first-order valence-electron chi connectivity index (χ1n) is 3.48. The lowest BCUT2D eigenvalue weighted by atomic mass is 10.2. The van der Waals surface area contributed by atoms with Crippen LogP contribution in [-0.4, -0.2) is 29.4 Å². The van der Waals surface area contributed by atoms with Crippen LogP contribution >= 0.6 is 0 Å². The minimum atomic E-state index is -0.536. The summed E-state index contributed by atoms with van der Waals surface area (Å²) >= 11 is 0. The molecule has 0 aromatic rings. The van der Waals surface area contributed by atoms with E-state index in [-0.39, 0.29) is 0 Å². The molecule has 0 bridgehead atoms. The Morgan fingerprint density at radius 3 is 2.80 bits per heavy atom. The molecule has 0 saturated heterocycles. The zero-order valence-corrected chi connectivity index (χ0v) is 6.00. The van der Waals surface area contributed by atoms with Crippen LogP contribution in [0.3, 0.4) is 0 Å². The Balaban J connectivity index is 2.17. The van der Waals surface area contributed by atoms with Crippen LogP contribution < -0.4 is 0 Å². The highest BCUT2D eigenvalue weighted by molar-refractivity contribution is 5.22. The van der Waals surface area contributed by atoms with E-state index in [9.17, 15) is 5.11 Å². The second-order valence-corrected chi connectivity index (χ2v) is 3.03. The Morgan fingerprint density at radius 1 is 1.70 bits per heavy atom. The van der Waals surface area contributed by atoms with Gasteiger partial charge in [0.2, 0.25) is 0 Å². The van der Waals surface area contributed by atoms with Crippen molar-refractivity contribution in [2.24, 2.45) is 0 Å². The molecule has 1 aliphatic heterocycles. The molecule has 1 aliphatic carbocycles. The topological polar surface area (TPSA) is 32.7 Å². The molecule has 0 atom stereocenters. The van der Waals surface area contributed by atoms with E-state index in [1.54, 1.807) is 6.26 Å². The van der Waals surface area contributed by atoms with Crippen molar-refractivity contribution in [3.63, 3.8) is 0 Å². The second-order valence-electron chi connectivity index (χ2n) is 3.03. The van der Waals surface area contributed by atoms with Crippen molar-refractivity contribution in [3.8, 4) is 0 Å². The Bertz CT molecular complexity index is 184. The number of aliphatic hydroxyl groups is 1. The normalized spacial score (nSPS) is 27.8. The molecule has 2 aliphatic rings. The Labute approximate surface area is 59.9 Å². The third-order valence-electron chi connectivity index (χ3n) is 2.07. The Morgan fingerprint density at radius 2 is 2.40 bits per heavy atom. The minimum Gasteiger partial charge on any atom is -0.479 e. The molecule has 0 unspecified atom stereocenters. The largest absolute Gasteiger partial charge is 0.479 e. The zero-order valence-electron chi connectivity index (χ0n) is 6.00. The Hall–Kier alpha value is -0.700. The van der Waals surface area contributed by atoms with Crippen LogP contribution in [0.4, 0.5) is 0 Å². The summed E-state index contributed by atoms with van der Waals surface area (Å²) in [6.45, 7) is 0.581. The van der Waals surface area contributed by atoms with Crippen molar-refractivity contribution in [3.05, 3.63) is 12.0 Å². The molecule has 56 valence electrons. The van der Waals surface area contributed by atoms with Crippen molar-refractivity contribution in [2.75, 3.05) is 13.8 Å². The van der Waals surface area contributed by atoms with Gasteiger partial charge in [-0.1, -0.05) is 0 Å². The van der Waals surface area contributed by atoms with Crippen LogP contribution in [0.5, 0.6) is 0 Å². The van der Waals surface area contributed by atoms with Crippen LogP contribution in [0.15, 0.2) is 12.0 Å². The molecule has 2 rings (SSSR count). The first-order chi connectivity index (χ1) is 4.72. The molecular formula is C7H11NO2. The first-order valence-corrected chi connectivity index (χ1v) is 3.48. The van der Waals surface area contributed by atoms with Crippen molar-refractivity contribution in [1.29, 1.82) is 0 Å². The third-order valence-corrected chi connectivity index (χ3v) is 2.07. The molecule has 0 spiro atoms. The lowest BCUT2D eigenvalue weighted by molar-refractivity contribution is 0.137. The second kappa shape index (κ2) is 1.66. The number of ether oxygens (including phenoxy) is 1. The SMILES string of the molecule is CN1COC=C1C1(O)CC1. The maximum Gasteiger partial charge on any atom is 0.160 e. The van der Waals surface area contributed by atoms with E-state index in [1.807, 2.05) is 11.9 Å². The molecular weight excluding hydrogens is 130 g/mol. The molecule has 1 fully saturated rings. The van der Waals surface area contributed by atoms with Gasteiger partial charge in [0.15, 0.2) is 6.73 Å². The van der Waals surface area contributed by atoms with Crippen LogP contribution in [0.1, 0.15) is 12.8 Å². The van der Waals surface area contributed by atoms with Crippen LogP contribution in [0.2, 0.25) is 0 Å². The van der Waals surface area contributed by atoms with E-state index in [0.717, 1.165) is 18.5 Å². The summed E-state index contributed by atoms with van der Waals surface area (Å²) in [5.74, 6) is 0. The average Bonchev–Trinajstić information content (AvgIpc) is 2.44. The number of nitrogens with zero attached hydrogens (tertiary/aromatic N) is 1. The molecule has 10 heavy (non-hydrogen) atoms. The maximum atomic E-state index is 9.61. The van der Waals surface area contributed by atoms with Crippen molar-refractivity contribution < 1.29 is 9.84 Å². The molecule has 0 radical (unpaired) electrons. The van der Waals surface area contributed by atoms with Gasteiger partial charge >= 0.3 is 0 Å². The molecule has 3 heteroatoms. The van der Waals surface area contributed by atoms with Crippen molar-refractivity contribution in [2.45, 2.75) is 18.4 Å². The first kappa shape index (κ1) is 6.04. The number of rotatable bonds is 1. The van der Waals surface area contributed by atoms with E-state index in [0.29, 0.717) is 6.73 Å². The van der Waals surface area contributed by atoms with Gasteiger partial charge in [-0.15, -0.1) is 0 Å². The number of likely N-dealkylation sites (N-methyl/N-ethyl adjacent to an activating group) is 1. The third kappa shape index (κ3) is 0.703. The molecule has 1 saturated carbocycles. The van der Waals surface area contributed by atoms with Gasteiger partial charge in [-0.3, -0.25) is 0 Å². The van der Waals surface area contributed by atoms with Gasteiger partial charge in [-0.25, -0.2) is 0 Å². The Kier molecular flexibility index (Phi) is 1.01. The molecule has 0 amide bonds. The molecule has 3 nitrogen and oxygen atoms in total. The average molecular weight is 141 g/mol. The predicted octanol–water partition coefficient (Wildman–Crippen LogP) is 0.272. The minimum absolute atomic E-state index is 0.536. The quantitative estimate of drug-likeness (QED) is 0.569. The van der Waals surface area contributed by atoms with Crippen LogP contribution in [-0.2, 0) is 4.74 Å². The summed E-state index contributed by atoms with van der Waals surface area (Å²) in [5.41, 5.74) is 0.401. The summed E-state index contributed by atoms with van der Waals surface area (Å²) in [5, 5.41) is 9.61. The summed E-state index contributed by atoms with van der Waals surface area (Å²) < 4.78 is 5.04. The lowest BCUT2D eigenvalue weighted by Crippen LogP contribution is -2.24.